The molecule has 100 valence electrons. The minimum atomic E-state index is 0.470. The fourth-order valence-electron chi connectivity index (χ4n) is 2.59. The lowest BCUT2D eigenvalue weighted by atomic mass is 9.92. The molecule has 0 saturated carbocycles. The smallest absolute Gasteiger partial charge is 0.0510 e. The van der Waals surface area contributed by atoms with Gasteiger partial charge in [-0.2, -0.15) is 0 Å². The van der Waals surface area contributed by atoms with Crippen molar-refractivity contribution in [3.63, 3.8) is 0 Å². The Morgan fingerprint density at radius 3 is 2.94 bits per heavy atom. The van der Waals surface area contributed by atoms with E-state index < -0.39 is 0 Å². The first kappa shape index (κ1) is 13.9. The summed E-state index contributed by atoms with van der Waals surface area (Å²) in [6, 6.07) is 6.80. The molecule has 2 rings (SSSR count). The Morgan fingerprint density at radius 2 is 2.33 bits per heavy atom. The molecule has 0 aromatic heterocycles. The largest absolute Gasteiger partial charge is 0.381 e. The minimum absolute atomic E-state index is 0.470. The average molecular weight is 268 g/mol. The van der Waals surface area contributed by atoms with Crippen LogP contribution >= 0.6 is 11.6 Å². The van der Waals surface area contributed by atoms with Crippen molar-refractivity contribution in [1.29, 1.82) is 0 Å². The van der Waals surface area contributed by atoms with Crippen LogP contribution in [0.1, 0.15) is 24.5 Å². The summed E-state index contributed by atoms with van der Waals surface area (Å²) < 4.78 is 5.50. The second kappa shape index (κ2) is 6.55. The molecule has 1 fully saturated rings. The van der Waals surface area contributed by atoms with Crippen LogP contribution in [-0.4, -0.2) is 25.8 Å². The molecule has 2 nitrogen and oxygen atoms in total. The van der Waals surface area contributed by atoms with Gasteiger partial charge < -0.3 is 10.1 Å². The topological polar surface area (TPSA) is 21.3 Å². The Morgan fingerprint density at radius 1 is 1.50 bits per heavy atom. The number of benzene rings is 1. The molecule has 18 heavy (non-hydrogen) atoms. The highest BCUT2D eigenvalue weighted by molar-refractivity contribution is 6.31. The maximum atomic E-state index is 6.32. The number of aryl methyl sites for hydroxylation is 1. The van der Waals surface area contributed by atoms with Crippen LogP contribution < -0.4 is 5.32 Å². The van der Waals surface area contributed by atoms with Crippen molar-refractivity contribution in [2.24, 2.45) is 5.92 Å². The van der Waals surface area contributed by atoms with E-state index in [9.17, 15) is 0 Å². The van der Waals surface area contributed by atoms with E-state index in [1.165, 1.54) is 11.1 Å². The van der Waals surface area contributed by atoms with Crippen LogP contribution in [0.5, 0.6) is 0 Å². The quantitative estimate of drug-likeness (QED) is 0.885. The van der Waals surface area contributed by atoms with E-state index in [1.807, 2.05) is 6.07 Å². The molecule has 0 amide bonds. The van der Waals surface area contributed by atoms with E-state index >= 15 is 0 Å². The Balaban J connectivity index is 2.07. The molecule has 1 aliphatic rings. The van der Waals surface area contributed by atoms with Gasteiger partial charge in [0.2, 0.25) is 0 Å². The number of hydrogen-bond acceptors (Lipinski definition) is 2. The van der Waals surface area contributed by atoms with E-state index in [2.05, 4.69) is 31.3 Å². The van der Waals surface area contributed by atoms with Crippen molar-refractivity contribution in [3.05, 3.63) is 34.3 Å². The van der Waals surface area contributed by atoms with Crippen molar-refractivity contribution in [3.8, 4) is 0 Å². The van der Waals surface area contributed by atoms with Crippen molar-refractivity contribution >= 4 is 11.6 Å². The van der Waals surface area contributed by atoms with Gasteiger partial charge in [0.05, 0.1) is 6.61 Å². The third-order valence-electron chi connectivity index (χ3n) is 3.65. The zero-order valence-corrected chi connectivity index (χ0v) is 12.0. The third kappa shape index (κ3) is 3.47. The summed E-state index contributed by atoms with van der Waals surface area (Å²) in [5.41, 5.74) is 2.45. The van der Waals surface area contributed by atoms with Crippen LogP contribution in [0.4, 0.5) is 0 Å². The van der Waals surface area contributed by atoms with E-state index in [0.717, 1.165) is 37.6 Å². The summed E-state index contributed by atoms with van der Waals surface area (Å²) in [5.74, 6) is 0.613. The summed E-state index contributed by atoms with van der Waals surface area (Å²) in [7, 11) is 0. The first-order valence-electron chi connectivity index (χ1n) is 6.77. The number of rotatable bonds is 5. The zero-order chi connectivity index (χ0) is 13.0. The van der Waals surface area contributed by atoms with Crippen molar-refractivity contribution in [2.75, 3.05) is 19.8 Å². The first-order valence-corrected chi connectivity index (χ1v) is 7.14. The SMILES string of the molecule is CCNC(Cc1ccc(C)cc1Cl)C1CCOC1. The molecule has 1 heterocycles. The number of halogens is 1. The van der Waals surface area contributed by atoms with E-state index in [1.54, 1.807) is 0 Å². The van der Waals surface area contributed by atoms with Gasteiger partial charge in [-0.15, -0.1) is 0 Å². The molecule has 1 N–H and O–H groups in total. The summed E-state index contributed by atoms with van der Waals surface area (Å²) in [5, 5.41) is 4.46. The van der Waals surface area contributed by atoms with Crippen molar-refractivity contribution < 1.29 is 4.74 Å². The highest BCUT2D eigenvalue weighted by Gasteiger charge is 2.25. The number of ether oxygens (including phenoxy) is 1. The van der Waals surface area contributed by atoms with Gasteiger partial charge in [-0.1, -0.05) is 30.7 Å². The summed E-state index contributed by atoms with van der Waals surface area (Å²) >= 11 is 6.32. The molecule has 0 radical (unpaired) electrons. The Hall–Kier alpha value is -0.570. The molecule has 0 aliphatic carbocycles. The number of hydrogen-bond donors (Lipinski definition) is 1. The lowest BCUT2D eigenvalue weighted by Gasteiger charge is -2.24. The highest BCUT2D eigenvalue weighted by Crippen LogP contribution is 2.24. The Labute approximate surface area is 115 Å². The number of likely N-dealkylation sites (N-methyl/N-ethyl adjacent to an activating group) is 1. The van der Waals surface area contributed by atoms with Crippen LogP contribution in [0.3, 0.4) is 0 Å². The third-order valence-corrected chi connectivity index (χ3v) is 4.00. The molecular weight excluding hydrogens is 246 g/mol. The molecule has 0 bridgehead atoms. The van der Waals surface area contributed by atoms with Gasteiger partial charge >= 0.3 is 0 Å². The molecule has 0 spiro atoms. The van der Waals surface area contributed by atoms with Gasteiger partial charge in [0.1, 0.15) is 0 Å². The fraction of sp³-hybridized carbons (Fsp3) is 0.600. The minimum Gasteiger partial charge on any atom is -0.381 e. The highest BCUT2D eigenvalue weighted by atomic mass is 35.5. The second-order valence-electron chi connectivity index (χ2n) is 5.09. The maximum Gasteiger partial charge on any atom is 0.0510 e. The van der Waals surface area contributed by atoms with Gasteiger partial charge in [0.15, 0.2) is 0 Å². The monoisotopic (exact) mass is 267 g/mol. The molecule has 1 aliphatic heterocycles. The molecule has 1 aromatic carbocycles. The second-order valence-corrected chi connectivity index (χ2v) is 5.49. The molecule has 3 heteroatoms. The van der Waals surface area contributed by atoms with Crippen molar-refractivity contribution in [1.82, 2.24) is 5.32 Å². The van der Waals surface area contributed by atoms with Crippen LogP contribution in [0.2, 0.25) is 5.02 Å². The fourth-order valence-corrected chi connectivity index (χ4v) is 2.90. The lowest BCUT2D eigenvalue weighted by molar-refractivity contribution is 0.176. The predicted molar refractivity (Wildman–Crippen MR) is 76.3 cm³/mol. The van der Waals surface area contributed by atoms with E-state index in [-0.39, 0.29) is 0 Å². The van der Waals surface area contributed by atoms with Crippen molar-refractivity contribution in [2.45, 2.75) is 32.7 Å². The Kier molecular flexibility index (Phi) is 5.04. The van der Waals surface area contributed by atoms with E-state index in [0.29, 0.717) is 12.0 Å². The van der Waals surface area contributed by atoms with Gasteiger partial charge in [-0.3, -0.25) is 0 Å². The van der Waals surface area contributed by atoms with Crippen LogP contribution in [-0.2, 0) is 11.2 Å². The number of nitrogens with one attached hydrogen (secondary N) is 1. The standard InChI is InChI=1S/C15H22ClNO/c1-3-17-15(13-6-7-18-10-13)9-12-5-4-11(2)8-14(12)16/h4-5,8,13,15,17H,3,6-7,9-10H2,1-2H3. The Bertz CT molecular complexity index is 388. The van der Waals surface area contributed by atoms with Crippen LogP contribution in [0.25, 0.3) is 0 Å². The first-order chi connectivity index (χ1) is 8.70. The normalized spacial score (nSPS) is 21.2. The lowest BCUT2D eigenvalue weighted by Crippen LogP contribution is -2.38. The van der Waals surface area contributed by atoms with Gasteiger partial charge in [-0.25, -0.2) is 0 Å². The molecule has 1 aromatic rings. The van der Waals surface area contributed by atoms with Gasteiger partial charge in [0.25, 0.3) is 0 Å². The molecular formula is C15H22ClNO. The van der Waals surface area contributed by atoms with E-state index in [4.69, 9.17) is 16.3 Å². The molecule has 1 saturated heterocycles. The van der Waals surface area contributed by atoms with Gasteiger partial charge in [0, 0.05) is 23.6 Å². The van der Waals surface area contributed by atoms with Crippen LogP contribution in [0, 0.1) is 12.8 Å². The summed E-state index contributed by atoms with van der Waals surface area (Å²) in [6.45, 7) is 6.99. The molecule has 2 atom stereocenters. The predicted octanol–water partition coefficient (Wildman–Crippen LogP) is 3.21. The van der Waals surface area contributed by atoms with Crippen LogP contribution in [0.15, 0.2) is 18.2 Å². The molecule has 2 unspecified atom stereocenters. The summed E-state index contributed by atoms with van der Waals surface area (Å²) in [6.07, 6.45) is 2.14. The average Bonchev–Trinajstić information content (AvgIpc) is 2.85. The zero-order valence-electron chi connectivity index (χ0n) is 11.2. The summed E-state index contributed by atoms with van der Waals surface area (Å²) in [4.78, 5) is 0. The maximum absolute atomic E-state index is 6.32. The van der Waals surface area contributed by atoms with Gasteiger partial charge in [-0.05, 0) is 43.5 Å².